The van der Waals surface area contributed by atoms with Crippen molar-refractivity contribution in [1.29, 1.82) is 0 Å². The lowest BCUT2D eigenvalue weighted by atomic mass is 9.97. The van der Waals surface area contributed by atoms with Crippen LogP contribution in [0.5, 0.6) is 0 Å². The van der Waals surface area contributed by atoms with Gasteiger partial charge in [-0.1, -0.05) is 13.3 Å². The third-order valence-corrected chi connectivity index (χ3v) is 5.98. The summed E-state index contributed by atoms with van der Waals surface area (Å²) in [6.45, 7) is 7.09. The van der Waals surface area contributed by atoms with E-state index in [0.29, 0.717) is 6.04 Å². The summed E-state index contributed by atoms with van der Waals surface area (Å²) in [5.74, 6) is 0.354. The fraction of sp³-hybridized carbons (Fsp3) is 0.737. The van der Waals surface area contributed by atoms with Crippen LogP contribution in [0.2, 0.25) is 0 Å². The number of rotatable bonds is 8. The molecule has 0 radical (unpaired) electrons. The van der Waals surface area contributed by atoms with Gasteiger partial charge in [-0.25, -0.2) is 4.98 Å². The number of unbranched alkanes of at least 4 members (excludes halogenated alkanes) is 1. The van der Waals surface area contributed by atoms with E-state index in [1.165, 1.54) is 0 Å². The monoisotopic (exact) mass is 378 g/mol. The van der Waals surface area contributed by atoms with E-state index in [1.54, 1.807) is 18.3 Å². The second-order valence-corrected chi connectivity index (χ2v) is 8.30. The number of nitrogens with one attached hydrogen (secondary N) is 1. The molecule has 1 aliphatic heterocycles. The van der Waals surface area contributed by atoms with Crippen LogP contribution in [0.1, 0.15) is 58.1 Å². The summed E-state index contributed by atoms with van der Waals surface area (Å²) in [4.78, 5) is 33.1. The molecule has 1 aromatic heterocycles. The zero-order valence-electron chi connectivity index (χ0n) is 15.9. The molecule has 1 saturated heterocycles. The Morgan fingerprint density at radius 1 is 1.38 bits per heavy atom. The van der Waals surface area contributed by atoms with Crippen LogP contribution in [-0.2, 0) is 16.1 Å². The summed E-state index contributed by atoms with van der Waals surface area (Å²) < 4.78 is 0. The zero-order valence-corrected chi connectivity index (χ0v) is 16.7. The maximum Gasteiger partial charge on any atom is 0.225 e. The Hall–Kier alpha value is -1.47. The Kier molecular flexibility index (Phi) is 6.64. The molecule has 1 aromatic rings. The van der Waals surface area contributed by atoms with Crippen molar-refractivity contribution in [1.82, 2.24) is 15.2 Å². The molecule has 0 aromatic carbocycles. The molecule has 144 valence electrons. The van der Waals surface area contributed by atoms with Crippen molar-refractivity contribution in [2.75, 3.05) is 24.5 Å². The van der Waals surface area contributed by atoms with Gasteiger partial charge in [-0.3, -0.25) is 19.4 Å². The van der Waals surface area contributed by atoms with Crippen LogP contribution in [0, 0.1) is 5.92 Å². The van der Waals surface area contributed by atoms with Gasteiger partial charge in [0.05, 0.1) is 11.6 Å². The van der Waals surface area contributed by atoms with Gasteiger partial charge in [0.15, 0.2) is 5.13 Å². The number of likely N-dealkylation sites (tertiary alicyclic amines) is 1. The van der Waals surface area contributed by atoms with Gasteiger partial charge in [-0.2, -0.15) is 0 Å². The Balaban J connectivity index is 1.54. The lowest BCUT2D eigenvalue weighted by Crippen LogP contribution is -2.43. The van der Waals surface area contributed by atoms with E-state index in [2.05, 4.69) is 22.5 Å². The Bertz CT molecular complexity index is 629. The van der Waals surface area contributed by atoms with Gasteiger partial charge in [-0.05, 0) is 38.6 Å². The van der Waals surface area contributed by atoms with Gasteiger partial charge in [-0.15, -0.1) is 11.3 Å². The van der Waals surface area contributed by atoms with Gasteiger partial charge < -0.3 is 5.32 Å². The van der Waals surface area contributed by atoms with E-state index in [4.69, 9.17) is 4.98 Å². The van der Waals surface area contributed by atoms with Crippen molar-refractivity contribution in [2.45, 2.75) is 65.0 Å². The maximum atomic E-state index is 12.3. The number of thiazole rings is 1. The fourth-order valence-electron chi connectivity index (χ4n) is 3.54. The number of amides is 2. The highest BCUT2D eigenvalue weighted by molar-refractivity contribution is 7.14. The van der Waals surface area contributed by atoms with Crippen LogP contribution in [0.15, 0.2) is 5.38 Å². The second-order valence-electron chi connectivity index (χ2n) is 7.46. The first-order valence-electron chi connectivity index (χ1n) is 9.82. The third-order valence-electron chi connectivity index (χ3n) is 5.09. The first-order chi connectivity index (χ1) is 12.6. The molecule has 0 bridgehead atoms. The number of carbonyl (C=O) groups excluding carboxylic acids is 2. The quantitative estimate of drug-likeness (QED) is 0.707. The Morgan fingerprint density at radius 2 is 2.19 bits per heavy atom. The lowest BCUT2D eigenvalue weighted by Gasteiger charge is -2.31. The van der Waals surface area contributed by atoms with Gasteiger partial charge >= 0.3 is 0 Å². The fourth-order valence-corrected chi connectivity index (χ4v) is 4.47. The highest BCUT2D eigenvalue weighted by atomic mass is 32.1. The first-order valence-corrected chi connectivity index (χ1v) is 10.7. The number of hydrogen-bond donors (Lipinski definition) is 1. The lowest BCUT2D eigenvalue weighted by molar-refractivity contribution is -0.126. The molecular formula is C19H30N4O2S. The van der Waals surface area contributed by atoms with E-state index in [0.717, 1.165) is 75.5 Å². The van der Waals surface area contributed by atoms with Crippen LogP contribution in [0.3, 0.4) is 0 Å². The van der Waals surface area contributed by atoms with Crippen molar-refractivity contribution in [2.24, 2.45) is 5.92 Å². The molecule has 0 spiro atoms. The molecule has 1 unspecified atom stereocenters. The van der Waals surface area contributed by atoms with Crippen molar-refractivity contribution >= 4 is 28.3 Å². The molecule has 1 aliphatic carbocycles. The number of piperidine rings is 1. The van der Waals surface area contributed by atoms with Gasteiger partial charge in [0.2, 0.25) is 11.8 Å². The standard InChI is InChI=1S/C19H30N4O2S/c1-3-4-9-20-18(25)15-6-5-10-22(11-15)12-16-13-26-19(21-16)23(14(2)24)17-7-8-17/h13,15,17H,3-12H2,1-2H3,(H,20,25). The summed E-state index contributed by atoms with van der Waals surface area (Å²) in [6.07, 6.45) is 6.31. The average Bonchev–Trinajstić information content (AvgIpc) is 3.34. The minimum absolute atomic E-state index is 0.0789. The van der Waals surface area contributed by atoms with Crippen molar-refractivity contribution < 1.29 is 9.59 Å². The molecular weight excluding hydrogens is 348 g/mol. The van der Waals surface area contributed by atoms with Gasteiger partial charge in [0.25, 0.3) is 0 Å². The second kappa shape index (κ2) is 8.95. The SMILES string of the molecule is CCCCNC(=O)C1CCCN(Cc2csc(N(C(C)=O)C3CC3)n2)C1. The van der Waals surface area contributed by atoms with Crippen LogP contribution in [0.25, 0.3) is 0 Å². The van der Waals surface area contributed by atoms with Crippen molar-refractivity contribution in [3.63, 3.8) is 0 Å². The minimum Gasteiger partial charge on any atom is -0.356 e. The van der Waals surface area contributed by atoms with E-state index >= 15 is 0 Å². The average molecular weight is 379 g/mol. The van der Waals surface area contributed by atoms with Gasteiger partial charge in [0.1, 0.15) is 0 Å². The zero-order chi connectivity index (χ0) is 18.5. The number of nitrogens with zero attached hydrogens (tertiary/aromatic N) is 3. The molecule has 26 heavy (non-hydrogen) atoms. The summed E-state index contributed by atoms with van der Waals surface area (Å²) in [7, 11) is 0. The van der Waals surface area contributed by atoms with E-state index in [9.17, 15) is 9.59 Å². The summed E-state index contributed by atoms with van der Waals surface area (Å²) >= 11 is 1.55. The molecule has 3 rings (SSSR count). The number of aromatic nitrogens is 1. The molecule has 1 N–H and O–H groups in total. The number of hydrogen-bond acceptors (Lipinski definition) is 5. The summed E-state index contributed by atoms with van der Waals surface area (Å²) in [6, 6.07) is 0.345. The minimum atomic E-state index is 0.0789. The molecule has 7 heteroatoms. The normalized spacial score (nSPS) is 20.8. The van der Waals surface area contributed by atoms with E-state index in [-0.39, 0.29) is 17.7 Å². The third kappa shape index (κ3) is 5.04. The maximum absolute atomic E-state index is 12.3. The molecule has 6 nitrogen and oxygen atoms in total. The van der Waals surface area contributed by atoms with Crippen LogP contribution in [0.4, 0.5) is 5.13 Å². The van der Waals surface area contributed by atoms with Crippen LogP contribution >= 0.6 is 11.3 Å². The van der Waals surface area contributed by atoms with E-state index in [1.807, 2.05) is 4.90 Å². The number of carbonyl (C=O) groups is 2. The van der Waals surface area contributed by atoms with Crippen molar-refractivity contribution in [3.8, 4) is 0 Å². The molecule has 1 atom stereocenters. The van der Waals surface area contributed by atoms with Crippen molar-refractivity contribution in [3.05, 3.63) is 11.1 Å². The van der Waals surface area contributed by atoms with E-state index < -0.39 is 0 Å². The predicted octanol–water partition coefficient (Wildman–Crippen LogP) is 2.79. The molecule has 2 aliphatic rings. The highest BCUT2D eigenvalue weighted by Crippen LogP contribution is 2.34. The Morgan fingerprint density at radius 3 is 2.88 bits per heavy atom. The number of anilines is 1. The first kappa shape index (κ1) is 19.3. The summed E-state index contributed by atoms with van der Waals surface area (Å²) in [5, 5.41) is 5.94. The molecule has 2 amide bonds. The Labute approximate surface area is 160 Å². The largest absolute Gasteiger partial charge is 0.356 e. The molecule has 2 heterocycles. The smallest absolute Gasteiger partial charge is 0.225 e. The summed E-state index contributed by atoms with van der Waals surface area (Å²) in [5.41, 5.74) is 1.00. The van der Waals surface area contributed by atoms with Gasteiger partial charge in [0, 0.05) is 38.0 Å². The van der Waals surface area contributed by atoms with Crippen LogP contribution in [-0.4, -0.2) is 47.4 Å². The highest BCUT2D eigenvalue weighted by Gasteiger charge is 2.34. The predicted molar refractivity (Wildman–Crippen MR) is 104 cm³/mol. The molecule has 2 fully saturated rings. The topological polar surface area (TPSA) is 65.5 Å². The van der Waals surface area contributed by atoms with Crippen LogP contribution < -0.4 is 10.2 Å². The molecule has 1 saturated carbocycles.